The van der Waals surface area contributed by atoms with Crippen molar-refractivity contribution in [3.8, 4) is 0 Å². The number of rotatable bonds is 9. The average Bonchev–Trinajstić information content (AvgIpc) is 2.47. The molecule has 0 fully saturated rings. The Morgan fingerprint density at radius 2 is 1.45 bits per heavy atom. The van der Waals surface area contributed by atoms with Crippen LogP contribution in [0, 0.1) is 0 Å². The standard InChI is InChI=1S/C18H30ClN/c1-5-12-20(13-6-2)14-18(19)17-10-8-16(9-11-17)15(4)7-3/h8-11,15,18H,5-7,12-14H2,1-4H3. The van der Waals surface area contributed by atoms with Gasteiger partial charge in [-0.2, -0.15) is 0 Å². The molecule has 0 heterocycles. The van der Waals surface area contributed by atoms with Crippen LogP contribution in [0.1, 0.15) is 69.4 Å². The first-order chi connectivity index (χ1) is 9.62. The molecule has 20 heavy (non-hydrogen) atoms. The van der Waals surface area contributed by atoms with E-state index in [1.54, 1.807) is 0 Å². The van der Waals surface area contributed by atoms with Crippen molar-refractivity contribution in [3.63, 3.8) is 0 Å². The fourth-order valence-corrected chi connectivity index (χ4v) is 2.87. The first-order valence-corrected chi connectivity index (χ1v) is 8.52. The SMILES string of the molecule is CCCN(CCC)CC(Cl)c1ccc(C(C)CC)cc1. The molecule has 2 unspecified atom stereocenters. The summed E-state index contributed by atoms with van der Waals surface area (Å²) in [5.41, 5.74) is 2.66. The topological polar surface area (TPSA) is 3.24 Å². The molecular weight excluding hydrogens is 266 g/mol. The Kier molecular flexibility index (Phi) is 8.25. The van der Waals surface area contributed by atoms with E-state index in [1.165, 1.54) is 30.4 Å². The largest absolute Gasteiger partial charge is 0.302 e. The van der Waals surface area contributed by atoms with Gasteiger partial charge in [0.2, 0.25) is 0 Å². The molecule has 0 aliphatic rings. The Balaban J connectivity index is 2.64. The third-order valence-electron chi connectivity index (χ3n) is 3.98. The van der Waals surface area contributed by atoms with Crippen LogP contribution in [0.25, 0.3) is 0 Å². The smallest absolute Gasteiger partial charge is 0.0712 e. The zero-order chi connectivity index (χ0) is 15.0. The summed E-state index contributed by atoms with van der Waals surface area (Å²) >= 11 is 6.60. The van der Waals surface area contributed by atoms with Crippen molar-refractivity contribution in [1.82, 2.24) is 4.90 Å². The molecular formula is C18H30ClN. The quantitative estimate of drug-likeness (QED) is 0.536. The highest BCUT2D eigenvalue weighted by atomic mass is 35.5. The molecule has 114 valence electrons. The van der Waals surface area contributed by atoms with Crippen molar-refractivity contribution in [1.29, 1.82) is 0 Å². The van der Waals surface area contributed by atoms with Gasteiger partial charge in [-0.25, -0.2) is 0 Å². The highest BCUT2D eigenvalue weighted by molar-refractivity contribution is 6.21. The molecule has 1 aromatic carbocycles. The molecule has 0 saturated carbocycles. The van der Waals surface area contributed by atoms with Crippen LogP contribution < -0.4 is 0 Å². The van der Waals surface area contributed by atoms with E-state index >= 15 is 0 Å². The Bertz CT molecular complexity index is 354. The Morgan fingerprint density at radius 1 is 0.950 bits per heavy atom. The molecule has 0 bridgehead atoms. The Labute approximate surface area is 130 Å². The normalized spacial score (nSPS) is 14.5. The van der Waals surface area contributed by atoms with Gasteiger partial charge in [-0.1, -0.05) is 52.0 Å². The molecule has 0 N–H and O–H groups in total. The van der Waals surface area contributed by atoms with Crippen LogP contribution in [0.3, 0.4) is 0 Å². The predicted octanol–water partition coefficient (Wildman–Crippen LogP) is 5.60. The molecule has 0 saturated heterocycles. The fourth-order valence-electron chi connectivity index (χ4n) is 2.53. The molecule has 0 aliphatic heterocycles. The summed E-state index contributed by atoms with van der Waals surface area (Å²) in [7, 11) is 0. The van der Waals surface area contributed by atoms with Crippen LogP contribution in [0.15, 0.2) is 24.3 Å². The molecule has 2 heteroatoms. The van der Waals surface area contributed by atoms with Crippen LogP contribution in [-0.4, -0.2) is 24.5 Å². The average molecular weight is 296 g/mol. The lowest BCUT2D eigenvalue weighted by Crippen LogP contribution is -2.28. The molecule has 1 nitrogen and oxygen atoms in total. The minimum absolute atomic E-state index is 0.0964. The minimum Gasteiger partial charge on any atom is -0.302 e. The lowest BCUT2D eigenvalue weighted by atomic mass is 9.97. The van der Waals surface area contributed by atoms with E-state index in [0.717, 1.165) is 19.6 Å². The van der Waals surface area contributed by atoms with Crippen molar-refractivity contribution in [2.24, 2.45) is 0 Å². The summed E-state index contributed by atoms with van der Waals surface area (Å²) in [6.07, 6.45) is 3.57. The van der Waals surface area contributed by atoms with Crippen molar-refractivity contribution < 1.29 is 0 Å². The highest BCUT2D eigenvalue weighted by Crippen LogP contribution is 2.25. The number of halogens is 1. The zero-order valence-electron chi connectivity index (χ0n) is 13.5. The van der Waals surface area contributed by atoms with E-state index in [1.807, 2.05) is 0 Å². The van der Waals surface area contributed by atoms with E-state index in [-0.39, 0.29) is 5.38 Å². The zero-order valence-corrected chi connectivity index (χ0v) is 14.3. The van der Waals surface area contributed by atoms with Gasteiger partial charge in [-0.05, 0) is 49.4 Å². The van der Waals surface area contributed by atoms with Crippen LogP contribution in [0.5, 0.6) is 0 Å². The maximum absolute atomic E-state index is 6.60. The van der Waals surface area contributed by atoms with Crippen molar-refractivity contribution >= 4 is 11.6 Å². The number of hydrogen-bond acceptors (Lipinski definition) is 1. The Hall–Kier alpha value is -0.530. The second-order valence-corrected chi connectivity index (χ2v) is 6.27. The van der Waals surface area contributed by atoms with Crippen LogP contribution in [0.4, 0.5) is 0 Å². The minimum atomic E-state index is 0.0964. The molecule has 0 aliphatic carbocycles. The van der Waals surface area contributed by atoms with E-state index in [2.05, 4.69) is 56.9 Å². The van der Waals surface area contributed by atoms with Gasteiger partial charge in [0.15, 0.2) is 0 Å². The van der Waals surface area contributed by atoms with Gasteiger partial charge in [0.1, 0.15) is 0 Å². The van der Waals surface area contributed by atoms with E-state index in [9.17, 15) is 0 Å². The van der Waals surface area contributed by atoms with Crippen LogP contribution in [-0.2, 0) is 0 Å². The summed E-state index contributed by atoms with van der Waals surface area (Å²) in [6.45, 7) is 12.2. The third-order valence-corrected chi connectivity index (χ3v) is 4.37. The van der Waals surface area contributed by atoms with Crippen LogP contribution in [0.2, 0.25) is 0 Å². The van der Waals surface area contributed by atoms with Crippen molar-refractivity contribution in [3.05, 3.63) is 35.4 Å². The molecule has 0 spiro atoms. The van der Waals surface area contributed by atoms with Gasteiger partial charge >= 0.3 is 0 Å². The van der Waals surface area contributed by atoms with Crippen LogP contribution >= 0.6 is 11.6 Å². The van der Waals surface area contributed by atoms with E-state index < -0.39 is 0 Å². The van der Waals surface area contributed by atoms with Gasteiger partial charge in [0, 0.05) is 6.54 Å². The van der Waals surface area contributed by atoms with Crippen molar-refractivity contribution in [2.75, 3.05) is 19.6 Å². The van der Waals surface area contributed by atoms with Gasteiger partial charge < -0.3 is 4.90 Å². The fraction of sp³-hybridized carbons (Fsp3) is 0.667. The Morgan fingerprint density at radius 3 is 1.90 bits per heavy atom. The molecule has 1 rings (SSSR count). The molecule has 2 atom stereocenters. The third kappa shape index (κ3) is 5.46. The molecule has 0 aromatic heterocycles. The summed E-state index contributed by atoms with van der Waals surface area (Å²) in [5.74, 6) is 0.634. The van der Waals surface area contributed by atoms with Crippen molar-refractivity contribution in [2.45, 2.75) is 58.3 Å². The predicted molar refractivity (Wildman–Crippen MR) is 90.8 cm³/mol. The molecule has 0 amide bonds. The highest BCUT2D eigenvalue weighted by Gasteiger charge is 2.13. The lowest BCUT2D eigenvalue weighted by Gasteiger charge is -2.24. The van der Waals surface area contributed by atoms with Gasteiger partial charge in [0.05, 0.1) is 5.38 Å². The number of alkyl halides is 1. The van der Waals surface area contributed by atoms with Gasteiger partial charge in [0.25, 0.3) is 0 Å². The van der Waals surface area contributed by atoms with Gasteiger partial charge in [-0.15, -0.1) is 11.6 Å². The summed E-state index contributed by atoms with van der Waals surface area (Å²) < 4.78 is 0. The maximum Gasteiger partial charge on any atom is 0.0712 e. The first kappa shape index (κ1) is 17.5. The van der Waals surface area contributed by atoms with E-state index in [0.29, 0.717) is 5.92 Å². The number of nitrogens with zero attached hydrogens (tertiary/aromatic N) is 1. The number of benzene rings is 1. The maximum atomic E-state index is 6.60. The molecule has 1 aromatic rings. The summed E-state index contributed by atoms with van der Waals surface area (Å²) in [5, 5.41) is 0.0964. The summed E-state index contributed by atoms with van der Waals surface area (Å²) in [6, 6.07) is 8.89. The summed E-state index contributed by atoms with van der Waals surface area (Å²) in [4.78, 5) is 2.47. The van der Waals surface area contributed by atoms with E-state index in [4.69, 9.17) is 11.6 Å². The monoisotopic (exact) mass is 295 g/mol. The first-order valence-electron chi connectivity index (χ1n) is 8.08. The second kappa shape index (κ2) is 9.41. The molecule has 0 radical (unpaired) electrons. The lowest BCUT2D eigenvalue weighted by molar-refractivity contribution is 0.275. The van der Waals surface area contributed by atoms with Gasteiger partial charge in [-0.3, -0.25) is 0 Å². The number of hydrogen-bond donors (Lipinski definition) is 0. The second-order valence-electron chi connectivity index (χ2n) is 5.74.